The van der Waals surface area contributed by atoms with Crippen LogP contribution in [0.25, 0.3) is 11.5 Å². The van der Waals surface area contributed by atoms with Gasteiger partial charge in [0.1, 0.15) is 5.75 Å². The van der Waals surface area contributed by atoms with E-state index in [1.165, 1.54) is 32.1 Å². The first-order chi connectivity index (χ1) is 9.79. The average Bonchev–Trinajstić information content (AvgIpc) is 2.92. The monoisotopic (exact) mass is 274 g/mol. The number of unbranched alkanes of at least 4 members (excludes halogenated alkanes) is 5. The van der Waals surface area contributed by atoms with E-state index in [-0.39, 0.29) is 5.75 Å². The molecule has 0 amide bonds. The fourth-order valence-electron chi connectivity index (χ4n) is 2.13. The highest BCUT2D eigenvalue weighted by Crippen LogP contribution is 2.21. The molecule has 108 valence electrons. The normalized spacial score (nSPS) is 10.8. The van der Waals surface area contributed by atoms with Crippen molar-refractivity contribution in [3.63, 3.8) is 0 Å². The zero-order chi connectivity index (χ0) is 14.2. The quantitative estimate of drug-likeness (QED) is 0.727. The number of nitrogens with zero attached hydrogens (tertiary/aromatic N) is 2. The van der Waals surface area contributed by atoms with Gasteiger partial charge in [0, 0.05) is 12.0 Å². The predicted molar refractivity (Wildman–Crippen MR) is 78.5 cm³/mol. The van der Waals surface area contributed by atoms with Crippen LogP contribution in [0.4, 0.5) is 0 Å². The molecule has 1 N–H and O–H groups in total. The Kier molecular flexibility index (Phi) is 5.59. The molecule has 0 bridgehead atoms. The molecule has 0 aliphatic carbocycles. The van der Waals surface area contributed by atoms with E-state index in [1.807, 2.05) is 0 Å². The second-order valence-corrected chi connectivity index (χ2v) is 5.07. The molecule has 0 spiro atoms. The molecule has 0 aliphatic rings. The number of phenolic OH excluding ortho intramolecular Hbond substituents is 1. The molecular formula is C16H22N2O2. The lowest BCUT2D eigenvalue weighted by atomic mass is 10.1. The van der Waals surface area contributed by atoms with Gasteiger partial charge in [-0.3, -0.25) is 0 Å². The van der Waals surface area contributed by atoms with Crippen molar-refractivity contribution in [1.29, 1.82) is 0 Å². The first kappa shape index (κ1) is 14.6. The molecule has 0 saturated carbocycles. The van der Waals surface area contributed by atoms with Crippen molar-refractivity contribution < 1.29 is 9.52 Å². The van der Waals surface area contributed by atoms with Gasteiger partial charge in [-0.25, -0.2) is 0 Å². The van der Waals surface area contributed by atoms with Crippen molar-refractivity contribution in [3.8, 4) is 17.2 Å². The highest BCUT2D eigenvalue weighted by atomic mass is 16.4. The zero-order valence-corrected chi connectivity index (χ0v) is 12.0. The van der Waals surface area contributed by atoms with E-state index in [4.69, 9.17) is 4.42 Å². The van der Waals surface area contributed by atoms with E-state index in [2.05, 4.69) is 17.1 Å². The largest absolute Gasteiger partial charge is 0.508 e. The molecule has 1 aromatic heterocycles. The lowest BCUT2D eigenvalue weighted by Gasteiger charge is -1.98. The van der Waals surface area contributed by atoms with Crippen LogP contribution < -0.4 is 0 Å². The Hall–Kier alpha value is -1.84. The Labute approximate surface area is 119 Å². The third-order valence-electron chi connectivity index (χ3n) is 3.33. The molecule has 2 rings (SSSR count). The smallest absolute Gasteiger partial charge is 0.247 e. The molecule has 20 heavy (non-hydrogen) atoms. The Morgan fingerprint density at radius 1 is 0.950 bits per heavy atom. The van der Waals surface area contributed by atoms with Gasteiger partial charge in [-0.05, 0) is 30.7 Å². The van der Waals surface area contributed by atoms with Crippen LogP contribution in [0.15, 0.2) is 28.7 Å². The highest BCUT2D eigenvalue weighted by molar-refractivity contribution is 5.53. The number of hydrogen-bond donors (Lipinski definition) is 1. The van der Waals surface area contributed by atoms with Crippen LogP contribution in [0.2, 0.25) is 0 Å². The van der Waals surface area contributed by atoms with Crippen LogP contribution in [-0.4, -0.2) is 15.3 Å². The van der Waals surface area contributed by atoms with Crippen LogP contribution in [0.1, 0.15) is 51.3 Å². The van der Waals surface area contributed by atoms with Crippen LogP contribution >= 0.6 is 0 Å². The maximum absolute atomic E-state index is 9.25. The van der Waals surface area contributed by atoms with Gasteiger partial charge in [0.15, 0.2) is 0 Å². The summed E-state index contributed by atoms with van der Waals surface area (Å²) < 4.78 is 5.63. The fraction of sp³-hybridized carbons (Fsp3) is 0.500. The SMILES string of the molecule is CCCCCCCCc1nnc(-c2ccc(O)cc2)o1. The number of phenols is 1. The molecule has 0 unspecified atom stereocenters. The lowest BCUT2D eigenvalue weighted by Crippen LogP contribution is -1.86. The summed E-state index contributed by atoms with van der Waals surface area (Å²) in [6.45, 7) is 2.23. The van der Waals surface area contributed by atoms with Crippen LogP contribution in [0, 0.1) is 0 Å². The Morgan fingerprint density at radius 2 is 1.65 bits per heavy atom. The molecule has 0 fully saturated rings. The Bertz CT molecular complexity index is 505. The Morgan fingerprint density at radius 3 is 2.40 bits per heavy atom. The van der Waals surface area contributed by atoms with E-state index in [0.717, 1.165) is 18.4 Å². The number of aromatic nitrogens is 2. The van der Waals surface area contributed by atoms with Gasteiger partial charge in [-0.15, -0.1) is 10.2 Å². The number of aryl methyl sites for hydroxylation is 1. The molecule has 1 heterocycles. The summed E-state index contributed by atoms with van der Waals surface area (Å²) in [6.07, 6.45) is 8.37. The minimum absolute atomic E-state index is 0.237. The maximum atomic E-state index is 9.25. The minimum Gasteiger partial charge on any atom is -0.508 e. The van der Waals surface area contributed by atoms with Gasteiger partial charge in [0.25, 0.3) is 0 Å². The summed E-state index contributed by atoms with van der Waals surface area (Å²) in [5, 5.41) is 17.4. The molecular weight excluding hydrogens is 252 g/mol. The molecule has 1 aromatic carbocycles. The van der Waals surface area contributed by atoms with Gasteiger partial charge in [-0.2, -0.15) is 0 Å². The molecule has 0 radical (unpaired) electrons. The summed E-state index contributed by atoms with van der Waals surface area (Å²) in [6, 6.07) is 6.79. The topological polar surface area (TPSA) is 59.2 Å². The summed E-state index contributed by atoms with van der Waals surface area (Å²) in [7, 11) is 0. The number of hydrogen-bond acceptors (Lipinski definition) is 4. The average molecular weight is 274 g/mol. The molecule has 0 saturated heterocycles. The van der Waals surface area contributed by atoms with Gasteiger partial charge in [0.05, 0.1) is 0 Å². The van der Waals surface area contributed by atoms with Crippen molar-refractivity contribution in [2.45, 2.75) is 51.9 Å². The van der Waals surface area contributed by atoms with Crippen molar-refractivity contribution in [1.82, 2.24) is 10.2 Å². The second kappa shape index (κ2) is 7.68. The van der Waals surface area contributed by atoms with Crippen molar-refractivity contribution in [2.24, 2.45) is 0 Å². The number of rotatable bonds is 8. The van der Waals surface area contributed by atoms with E-state index in [1.54, 1.807) is 24.3 Å². The third kappa shape index (κ3) is 4.37. The predicted octanol–water partition coefficient (Wildman–Crippen LogP) is 4.35. The van der Waals surface area contributed by atoms with Crippen LogP contribution in [-0.2, 0) is 6.42 Å². The zero-order valence-electron chi connectivity index (χ0n) is 12.0. The van der Waals surface area contributed by atoms with E-state index >= 15 is 0 Å². The standard InChI is InChI=1S/C16H22N2O2/c1-2-3-4-5-6-7-8-15-17-18-16(20-15)13-9-11-14(19)12-10-13/h9-12,19H,2-8H2,1H3. The highest BCUT2D eigenvalue weighted by Gasteiger charge is 2.08. The van der Waals surface area contributed by atoms with Crippen LogP contribution in [0.3, 0.4) is 0 Å². The van der Waals surface area contributed by atoms with Crippen molar-refractivity contribution >= 4 is 0 Å². The van der Waals surface area contributed by atoms with Gasteiger partial charge in [0.2, 0.25) is 11.8 Å². The molecule has 4 heteroatoms. The van der Waals surface area contributed by atoms with E-state index in [9.17, 15) is 5.11 Å². The first-order valence-electron chi connectivity index (χ1n) is 7.41. The summed E-state index contributed by atoms with van der Waals surface area (Å²) in [5.41, 5.74) is 0.837. The third-order valence-corrected chi connectivity index (χ3v) is 3.33. The first-order valence-corrected chi connectivity index (χ1v) is 7.41. The Balaban J connectivity index is 1.79. The summed E-state index contributed by atoms with van der Waals surface area (Å²) >= 11 is 0. The molecule has 0 aliphatic heterocycles. The van der Waals surface area contributed by atoms with Gasteiger partial charge in [-0.1, -0.05) is 39.0 Å². The molecule has 0 atom stereocenters. The number of aromatic hydroxyl groups is 1. The summed E-state index contributed by atoms with van der Waals surface area (Å²) in [5.74, 6) is 1.45. The molecule has 2 aromatic rings. The second-order valence-electron chi connectivity index (χ2n) is 5.07. The fourth-order valence-corrected chi connectivity index (χ4v) is 2.13. The lowest BCUT2D eigenvalue weighted by molar-refractivity contribution is 0.475. The van der Waals surface area contributed by atoms with Crippen LogP contribution in [0.5, 0.6) is 5.75 Å². The minimum atomic E-state index is 0.237. The van der Waals surface area contributed by atoms with E-state index < -0.39 is 0 Å². The van der Waals surface area contributed by atoms with Gasteiger partial charge >= 0.3 is 0 Å². The molecule has 4 nitrogen and oxygen atoms in total. The van der Waals surface area contributed by atoms with Gasteiger partial charge < -0.3 is 9.52 Å². The van der Waals surface area contributed by atoms with Crippen molar-refractivity contribution in [3.05, 3.63) is 30.2 Å². The summed E-state index contributed by atoms with van der Waals surface area (Å²) in [4.78, 5) is 0. The number of benzene rings is 1. The van der Waals surface area contributed by atoms with E-state index in [0.29, 0.717) is 11.8 Å². The van der Waals surface area contributed by atoms with Crippen molar-refractivity contribution in [2.75, 3.05) is 0 Å². The maximum Gasteiger partial charge on any atom is 0.247 e.